The van der Waals surface area contributed by atoms with Crippen LogP contribution in [-0.2, 0) is 27.6 Å². The largest absolute Gasteiger partial charge is 0.545 e. The predicted molar refractivity (Wildman–Crippen MR) is 38.7 cm³/mol. The summed E-state index contributed by atoms with van der Waals surface area (Å²) in [4.78, 5) is 0. The summed E-state index contributed by atoms with van der Waals surface area (Å²) in [6.45, 7) is 0. The standard InChI is InChI=1S/C2F6O4S3/c3-1(4,5)14(9,10)13-15(11,12)2(6,7)8/p+1. The zero-order chi connectivity index (χ0) is 12.7. The first kappa shape index (κ1) is 14.8. The highest BCUT2D eigenvalue weighted by atomic mass is 33.5. The fourth-order valence-corrected chi connectivity index (χ4v) is 5.77. The highest BCUT2D eigenvalue weighted by Crippen LogP contribution is 2.32. The third-order valence-electron chi connectivity index (χ3n) is 0.781. The Morgan fingerprint density at radius 2 is 0.867 bits per heavy atom. The van der Waals surface area contributed by atoms with Crippen LogP contribution < -0.4 is 0 Å². The van der Waals surface area contributed by atoms with Crippen LogP contribution in [0.3, 0.4) is 0 Å². The second kappa shape index (κ2) is 3.69. The molecule has 0 N–H and O–H groups in total. The van der Waals surface area contributed by atoms with Gasteiger partial charge in [0.1, 0.15) is 0 Å². The molecule has 0 unspecified atom stereocenters. The molecule has 0 bridgehead atoms. The quantitative estimate of drug-likeness (QED) is 0.322. The van der Waals surface area contributed by atoms with E-state index in [0.717, 1.165) is 0 Å². The Hall–Kier alpha value is -0.170. The second-order valence-corrected chi connectivity index (χ2v) is 9.56. The van der Waals surface area contributed by atoms with Gasteiger partial charge in [-0.3, -0.25) is 0 Å². The maximum absolute atomic E-state index is 11.5. The number of hydrogen-bond donors (Lipinski definition) is 0. The maximum atomic E-state index is 11.5. The minimum absolute atomic E-state index is 2.75. The molecule has 0 fully saturated rings. The lowest BCUT2D eigenvalue weighted by Gasteiger charge is -2.02. The van der Waals surface area contributed by atoms with Crippen LogP contribution in [-0.4, -0.2) is 27.9 Å². The van der Waals surface area contributed by atoms with Crippen LogP contribution in [0.2, 0.25) is 0 Å². The van der Waals surface area contributed by atoms with Gasteiger partial charge in [0, 0.05) is 0 Å². The molecule has 0 radical (unpaired) electrons. The van der Waals surface area contributed by atoms with E-state index in [2.05, 4.69) is 0 Å². The SMILES string of the molecule is O=S(=O)([SH+]S(=O)(=O)C(F)(F)F)C(F)(F)F. The first-order valence-electron chi connectivity index (χ1n) is 2.57. The van der Waals surface area contributed by atoms with E-state index < -0.39 is 38.6 Å². The molecule has 4 nitrogen and oxygen atoms in total. The minimum atomic E-state index is -6.37. The van der Waals surface area contributed by atoms with Crippen LogP contribution in [0.15, 0.2) is 0 Å². The normalized spacial score (nSPS) is 15.3. The summed E-state index contributed by atoms with van der Waals surface area (Å²) in [6, 6.07) is 0. The van der Waals surface area contributed by atoms with Crippen molar-refractivity contribution in [2.24, 2.45) is 0 Å². The van der Waals surface area contributed by atoms with E-state index in [9.17, 15) is 43.2 Å². The van der Waals surface area contributed by atoms with Gasteiger partial charge in [-0.2, -0.15) is 43.2 Å². The molecule has 0 aromatic carbocycles. The highest BCUT2D eigenvalue weighted by Gasteiger charge is 2.63. The number of rotatable bonds is 2. The lowest BCUT2D eigenvalue weighted by molar-refractivity contribution is -0.0414. The van der Waals surface area contributed by atoms with Crippen molar-refractivity contribution in [1.82, 2.24) is 0 Å². The molecule has 13 heteroatoms. The van der Waals surface area contributed by atoms with Crippen molar-refractivity contribution in [3.8, 4) is 0 Å². The van der Waals surface area contributed by atoms with Crippen molar-refractivity contribution >= 4 is 27.6 Å². The Labute approximate surface area is 82.3 Å². The van der Waals surface area contributed by atoms with Crippen LogP contribution in [0.25, 0.3) is 0 Å². The average molecular weight is 299 g/mol. The zero-order valence-electron chi connectivity index (χ0n) is 6.16. The summed E-state index contributed by atoms with van der Waals surface area (Å²) < 4.78 is 110. The highest BCUT2D eigenvalue weighted by molar-refractivity contribution is 8.94. The molecule has 0 aromatic rings. The summed E-state index contributed by atoms with van der Waals surface area (Å²) in [7, 11) is -15.5. The smallest absolute Gasteiger partial charge is 0.167 e. The van der Waals surface area contributed by atoms with E-state index in [1.54, 1.807) is 0 Å². The van der Waals surface area contributed by atoms with Gasteiger partial charge in [-0.05, 0) is 0 Å². The Morgan fingerprint density at radius 3 is 1.00 bits per heavy atom. The molecule has 15 heavy (non-hydrogen) atoms. The van der Waals surface area contributed by atoms with E-state index in [1.165, 1.54) is 0 Å². The molecular formula is C2HF6O4S3+. The zero-order valence-corrected chi connectivity index (χ0v) is 8.69. The summed E-state index contributed by atoms with van der Waals surface area (Å²) in [5.41, 5.74) is -12.1. The van der Waals surface area contributed by atoms with Gasteiger partial charge in [0.2, 0.25) is 9.83 Å². The molecule has 0 aliphatic heterocycles. The van der Waals surface area contributed by atoms with Crippen molar-refractivity contribution in [2.45, 2.75) is 11.0 Å². The van der Waals surface area contributed by atoms with Crippen LogP contribution in [0.5, 0.6) is 0 Å². The first-order chi connectivity index (χ1) is 6.21. The van der Waals surface area contributed by atoms with Gasteiger partial charge in [0.05, 0.1) is 0 Å². The van der Waals surface area contributed by atoms with Gasteiger partial charge in [-0.25, -0.2) is 0 Å². The van der Waals surface area contributed by atoms with Gasteiger partial charge in [0.25, 0.3) is 0 Å². The predicted octanol–water partition coefficient (Wildman–Crippen LogP) is 0.501. The number of alkyl halides is 6. The van der Waals surface area contributed by atoms with E-state index in [-0.39, 0.29) is 0 Å². The number of halogens is 6. The molecule has 0 rings (SSSR count). The van der Waals surface area contributed by atoms with Crippen molar-refractivity contribution in [3.05, 3.63) is 0 Å². The summed E-state index contributed by atoms with van der Waals surface area (Å²) in [6.07, 6.45) is 0. The van der Waals surface area contributed by atoms with Gasteiger partial charge in [0.15, 0.2) is 0 Å². The molecular weight excluding hydrogens is 298 g/mol. The monoisotopic (exact) mass is 299 g/mol. The van der Waals surface area contributed by atoms with E-state index >= 15 is 0 Å². The Morgan fingerprint density at radius 1 is 0.667 bits per heavy atom. The van der Waals surface area contributed by atoms with Crippen LogP contribution >= 0.6 is 0 Å². The van der Waals surface area contributed by atoms with Crippen LogP contribution in [0, 0.1) is 0 Å². The van der Waals surface area contributed by atoms with Gasteiger partial charge in [-0.1, -0.05) is 0 Å². The van der Waals surface area contributed by atoms with Crippen molar-refractivity contribution in [1.29, 1.82) is 0 Å². The van der Waals surface area contributed by atoms with Crippen LogP contribution in [0.1, 0.15) is 0 Å². The topological polar surface area (TPSA) is 68.3 Å². The fourth-order valence-electron chi connectivity index (χ4n) is 0.214. The summed E-state index contributed by atoms with van der Waals surface area (Å²) in [5, 5.41) is 0. The molecule has 0 spiro atoms. The lowest BCUT2D eigenvalue weighted by atomic mass is 11.6. The molecule has 0 aliphatic rings. The van der Waals surface area contributed by atoms with Crippen molar-refractivity contribution in [2.75, 3.05) is 0 Å². The third-order valence-corrected chi connectivity index (χ3v) is 8.30. The van der Waals surface area contributed by atoms with E-state index in [0.29, 0.717) is 0 Å². The summed E-state index contributed by atoms with van der Waals surface area (Å²) >= 11 is 0. The first-order valence-corrected chi connectivity index (χ1v) is 7.64. The second-order valence-electron chi connectivity index (χ2n) is 1.92. The third kappa shape index (κ3) is 3.41. The van der Waals surface area contributed by atoms with Crippen LogP contribution in [0.4, 0.5) is 26.3 Å². The molecule has 0 aliphatic carbocycles. The Balaban J connectivity index is 5.28. The van der Waals surface area contributed by atoms with Gasteiger partial charge in [-0.15, -0.1) is 0 Å². The van der Waals surface area contributed by atoms with E-state index in [1.807, 2.05) is 0 Å². The molecule has 92 valence electrons. The van der Waals surface area contributed by atoms with Gasteiger partial charge >= 0.3 is 28.8 Å². The number of thiol groups is 1. The van der Waals surface area contributed by atoms with Gasteiger partial charge < -0.3 is 0 Å². The molecule has 0 amide bonds. The maximum Gasteiger partial charge on any atom is 0.545 e. The van der Waals surface area contributed by atoms with E-state index in [4.69, 9.17) is 0 Å². The summed E-state index contributed by atoms with van der Waals surface area (Å²) in [5.74, 6) is 0. The minimum Gasteiger partial charge on any atom is -0.167 e. The fraction of sp³-hybridized carbons (Fsp3) is 1.00. The molecule has 0 atom stereocenters. The van der Waals surface area contributed by atoms with Crippen molar-refractivity contribution < 1.29 is 43.2 Å². The van der Waals surface area contributed by atoms with Crippen molar-refractivity contribution in [3.63, 3.8) is 0 Å². The molecule has 0 saturated heterocycles. The molecule has 0 aromatic heterocycles. The average Bonchev–Trinajstić information content (AvgIpc) is 1.77. The Kier molecular flexibility index (Phi) is 3.65. The molecule has 0 heterocycles. The number of hydrogen-bond acceptors (Lipinski definition) is 4. The Bertz CT molecular complexity index is 382. The lowest BCUT2D eigenvalue weighted by Crippen LogP contribution is -2.33. The molecule has 0 saturated carbocycles.